The highest BCUT2D eigenvalue weighted by atomic mass is 32.2. The van der Waals surface area contributed by atoms with Crippen molar-refractivity contribution in [3.63, 3.8) is 0 Å². The lowest BCUT2D eigenvalue weighted by atomic mass is 9.87. The van der Waals surface area contributed by atoms with Crippen molar-refractivity contribution in [3.8, 4) is 0 Å². The topological polar surface area (TPSA) is 95.5 Å². The standard InChI is InChI=1S/C20H30N2O4S/c1-20(2,3)15-6-8-16(9-7-15)27(25,26)22-18(12-23)19(24)21-17-11-13-4-5-14(17)10-13/h6-9,13-14,17-18,22-23H,4-5,10-12H2,1-3H3,(H,21,24). The maximum Gasteiger partial charge on any atom is 0.241 e. The summed E-state index contributed by atoms with van der Waals surface area (Å²) in [6, 6.07) is 5.53. The summed E-state index contributed by atoms with van der Waals surface area (Å²) in [5.41, 5.74) is 0.943. The third kappa shape index (κ3) is 4.52. The molecule has 0 saturated heterocycles. The lowest BCUT2D eigenvalue weighted by Crippen LogP contribution is -2.52. The molecule has 0 heterocycles. The zero-order valence-electron chi connectivity index (χ0n) is 16.2. The summed E-state index contributed by atoms with van der Waals surface area (Å²) in [5, 5.41) is 12.5. The quantitative estimate of drug-likeness (QED) is 0.687. The van der Waals surface area contributed by atoms with Crippen molar-refractivity contribution < 1.29 is 18.3 Å². The van der Waals surface area contributed by atoms with E-state index < -0.39 is 28.6 Å². The van der Waals surface area contributed by atoms with Gasteiger partial charge in [0.05, 0.1) is 11.5 Å². The van der Waals surface area contributed by atoms with Crippen molar-refractivity contribution in [2.45, 2.75) is 68.8 Å². The maximum absolute atomic E-state index is 12.6. The molecule has 2 bridgehead atoms. The minimum atomic E-state index is -3.89. The number of amides is 1. The summed E-state index contributed by atoms with van der Waals surface area (Å²) in [5.74, 6) is 0.704. The zero-order valence-corrected chi connectivity index (χ0v) is 17.1. The predicted molar refractivity (Wildman–Crippen MR) is 104 cm³/mol. The molecule has 0 radical (unpaired) electrons. The van der Waals surface area contributed by atoms with Crippen LogP contribution in [0.15, 0.2) is 29.2 Å². The number of carbonyl (C=O) groups excluding carboxylic acids is 1. The molecule has 2 aliphatic rings. The van der Waals surface area contributed by atoms with E-state index in [1.54, 1.807) is 12.1 Å². The van der Waals surface area contributed by atoms with Crippen molar-refractivity contribution in [1.82, 2.24) is 10.0 Å². The van der Waals surface area contributed by atoms with Crippen molar-refractivity contribution in [1.29, 1.82) is 0 Å². The van der Waals surface area contributed by atoms with E-state index in [-0.39, 0.29) is 16.4 Å². The number of nitrogens with one attached hydrogen (secondary N) is 2. The number of aliphatic hydroxyl groups is 1. The Labute approximate surface area is 161 Å². The van der Waals surface area contributed by atoms with Crippen LogP contribution >= 0.6 is 0 Å². The first-order chi connectivity index (χ1) is 12.6. The first-order valence-electron chi connectivity index (χ1n) is 9.64. The molecule has 1 aromatic carbocycles. The normalized spacial score (nSPS) is 26.1. The third-order valence-corrected chi connectivity index (χ3v) is 7.38. The van der Waals surface area contributed by atoms with E-state index in [0.29, 0.717) is 11.8 Å². The van der Waals surface area contributed by atoms with Gasteiger partial charge in [0.15, 0.2) is 0 Å². The molecule has 1 aromatic rings. The molecule has 2 aliphatic carbocycles. The average molecular weight is 395 g/mol. The van der Waals surface area contributed by atoms with Gasteiger partial charge in [0, 0.05) is 6.04 Å². The van der Waals surface area contributed by atoms with Crippen LogP contribution in [0.2, 0.25) is 0 Å². The summed E-state index contributed by atoms with van der Waals surface area (Å²) in [6.07, 6.45) is 4.43. The van der Waals surface area contributed by atoms with Gasteiger partial charge in [-0.05, 0) is 54.2 Å². The van der Waals surface area contributed by atoms with Crippen LogP contribution in [0.1, 0.15) is 52.0 Å². The highest BCUT2D eigenvalue weighted by Gasteiger charge is 2.41. The molecular weight excluding hydrogens is 364 g/mol. The lowest BCUT2D eigenvalue weighted by molar-refractivity contribution is -0.124. The number of sulfonamides is 1. The number of hydrogen-bond acceptors (Lipinski definition) is 4. The van der Waals surface area contributed by atoms with Crippen molar-refractivity contribution >= 4 is 15.9 Å². The fourth-order valence-corrected chi connectivity index (χ4v) is 5.45. The van der Waals surface area contributed by atoms with Crippen molar-refractivity contribution in [2.24, 2.45) is 11.8 Å². The van der Waals surface area contributed by atoms with Crippen LogP contribution in [0.3, 0.4) is 0 Å². The first-order valence-corrected chi connectivity index (χ1v) is 11.1. The number of benzene rings is 1. The van der Waals surface area contributed by atoms with Crippen molar-refractivity contribution in [3.05, 3.63) is 29.8 Å². The summed E-state index contributed by atoms with van der Waals surface area (Å²) in [6.45, 7) is 5.58. The number of hydrogen-bond donors (Lipinski definition) is 3. The summed E-state index contributed by atoms with van der Waals surface area (Å²) >= 11 is 0. The molecule has 3 N–H and O–H groups in total. The fourth-order valence-electron chi connectivity index (χ4n) is 4.27. The maximum atomic E-state index is 12.6. The number of rotatable bonds is 6. The number of aliphatic hydroxyl groups excluding tert-OH is 1. The van der Waals surface area contributed by atoms with Crippen LogP contribution in [0.5, 0.6) is 0 Å². The first kappa shape index (κ1) is 20.3. The Bertz CT molecular complexity index is 783. The minimum absolute atomic E-state index is 0.0795. The van der Waals surface area contributed by atoms with Crippen LogP contribution in [0, 0.1) is 11.8 Å². The molecule has 6 nitrogen and oxygen atoms in total. The van der Waals surface area contributed by atoms with Crippen molar-refractivity contribution in [2.75, 3.05) is 6.61 Å². The highest BCUT2D eigenvalue weighted by Crippen LogP contribution is 2.44. The molecule has 150 valence electrons. The van der Waals surface area contributed by atoms with E-state index in [4.69, 9.17) is 0 Å². The summed E-state index contributed by atoms with van der Waals surface area (Å²) in [7, 11) is -3.89. The smallest absolute Gasteiger partial charge is 0.241 e. The van der Waals surface area contributed by atoms with Crippen LogP contribution in [-0.4, -0.2) is 38.1 Å². The van der Waals surface area contributed by atoms with Gasteiger partial charge >= 0.3 is 0 Å². The van der Waals surface area contributed by atoms with E-state index in [0.717, 1.165) is 24.8 Å². The Kier molecular flexibility index (Phi) is 5.66. The Morgan fingerprint density at radius 1 is 1.19 bits per heavy atom. The zero-order chi connectivity index (χ0) is 19.8. The van der Waals surface area contributed by atoms with Gasteiger partial charge in [0.25, 0.3) is 0 Å². The second kappa shape index (κ2) is 7.53. The van der Waals surface area contributed by atoms with Gasteiger partial charge < -0.3 is 10.4 Å². The molecule has 1 amide bonds. The Hall–Kier alpha value is -1.44. The second-order valence-electron chi connectivity index (χ2n) is 8.92. The molecule has 0 spiro atoms. The van der Waals surface area contributed by atoms with Gasteiger partial charge in [-0.25, -0.2) is 8.42 Å². The van der Waals surface area contributed by atoms with Crippen LogP contribution < -0.4 is 10.0 Å². The third-order valence-electron chi connectivity index (χ3n) is 5.89. The highest BCUT2D eigenvalue weighted by molar-refractivity contribution is 7.89. The Morgan fingerprint density at radius 3 is 2.33 bits per heavy atom. The van der Waals surface area contributed by atoms with E-state index >= 15 is 0 Å². The SMILES string of the molecule is CC(C)(C)c1ccc(S(=O)(=O)NC(CO)C(=O)NC2CC3CCC2C3)cc1. The van der Waals surface area contributed by atoms with Gasteiger partial charge in [-0.2, -0.15) is 4.72 Å². The molecule has 0 aromatic heterocycles. The molecule has 0 aliphatic heterocycles. The predicted octanol–water partition coefficient (Wildman–Crippen LogP) is 1.93. The molecule has 2 saturated carbocycles. The van der Waals surface area contributed by atoms with Crippen LogP contribution in [0.4, 0.5) is 0 Å². The molecule has 4 atom stereocenters. The average Bonchev–Trinajstić information content (AvgIpc) is 3.22. The van der Waals surface area contributed by atoms with Gasteiger partial charge in [-0.15, -0.1) is 0 Å². The number of carbonyl (C=O) groups is 1. The molecule has 27 heavy (non-hydrogen) atoms. The van der Waals surface area contributed by atoms with E-state index in [9.17, 15) is 18.3 Å². The fraction of sp³-hybridized carbons (Fsp3) is 0.650. The van der Waals surface area contributed by atoms with Gasteiger partial charge in [0.2, 0.25) is 15.9 Å². The lowest BCUT2D eigenvalue weighted by Gasteiger charge is -2.25. The van der Waals surface area contributed by atoms with E-state index in [1.807, 2.05) is 0 Å². The Morgan fingerprint density at radius 2 is 1.85 bits per heavy atom. The minimum Gasteiger partial charge on any atom is -0.394 e. The number of fused-ring (bicyclic) bond motifs is 2. The van der Waals surface area contributed by atoms with Crippen LogP contribution in [-0.2, 0) is 20.2 Å². The van der Waals surface area contributed by atoms with Gasteiger partial charge in [-0.3, -0.25) is 4.79 Å². The van der Waals surface area contributed by atoms with Crippen LogP contribution in [0.25, 0.3) is 0 Å². The molecule has 3 rings (SSSR count). The molecular formula is C20H30N2O4S. The summed E-state index contributed by atoms with van der Waals surface area (Å²) < 4.78 is 27.6. The largest absolute Gasteiger partial charge is 0.394 e. The second-order valence-corrected chi connectivity index (χ2v) is 10.6. The Balaban J connectivity index is 1.66. The monoisotopic (exact) mass is 394 g/mol. The summed E-state index contributed by atoms with van der Waals surface area (Å²) in [4.78, 5) is 12.6. The molecule has 2 fully saturated rings. The van der Waals surface area contributed by atoms with E-state index in [1.165, 1.54) is 18.6 Å². The van der Waals surface area contributed by atoms with E-state index in [2.05, 4.69) is 30.8 Å². The molecule has 4 unspecified atom stereocenters. The van der Waals surface area contributed by atoms with Gasteiger partial charge in [-0.1, -0.05) is 39.3 Å². The van der Waals surface area contributed by atoms with Gasteiger partial charge in [0.1, 0.15) is 6.04 Å². The molecule has 7 heteroatoms.